The van der Waals surface area contributed by atoms with E-state index in [1.54, 1.807) is 6.92 Å². The van der Waals surface area contributed by atoms with Gasteiger partial charge in [-0.3, -0.25) is 4.52 Å². The normalized spacial score (nSPS) is 13.5. The van der Waals surface area contributed by atoms with Crippen LogP contribution in [0.2, 0.25) is 0 Å². The van der Waals surface area contributed by atoms with Crippen LogP contribution in [-0.4, -0.2) is 29.1 Å². The second-order valence-corrected chi connectivity index (χ2v) is 6.86. The molecule has 0 rings (SSSR count). The van der Waals surface area contributed by atoms with E-state index in [0.29, 0.717) is 6.61 Å². The Morgan fingerprint density at radius 3 is 1.86 bits per heavy atom. The third-order valence-corrected chi connectivity index (χ3v) is 3.95. The maximum Gasteiger partial charge on any atom is 0.469 e. The Bertz CT molecular complexity index is 267. The largest absolute Gasteiger partial charge is 0.469 e. The molecule has 0 fully saturated rings. The monoisotopic (exact) mass is 324 g/mol. The fraction of sp³-hybridized carbons (Fsp3) is 1.00. The average Bonchev–Trinajstić information content (AvgIpc) is 2.38. The van der Waals surface area contributed by atoms with E-state index in [4.69, 9.17) is 14.5 Å². The van der Waals surface area contributed by atoms with E-state index in [1.807, 2.05) is 0 Å². The molecule has 2 N–H and O–H groups in total. The van der Waals surface area contributed by atoms with Crippen LogP contribution in [0.3, 0.4) is 0 Å². The minimum absolute atomic E-state index is 0.225. The van der Waals surface area contributed by atoms with E-state index < -0.39 is 13.9 Å². The Morgan fingerprint density at radius 1 is 0.905 bits per heavy atom. The molecular formula is C15H33O5P. The summed E-state index contributed by atoms with van der Waals surface area (Å²) in [6, 6.07) is 0. The molecule has 0 aliphatic heterocycles. The molecule has 0 aliphatic carbocycles. The Balaban J connectivity index is 3.17. The van der Waals surface area contributed by atoms with Crippen LogP contribution in [0.25, 0.3) is 0 Å². The van der Waals surface area contributed by atoms with Crippen LogP contribution in [0.4, 0.5) is 0 Å². The van der Waals surface area contributed by atoms with Gasteiger partial charge in [-0.05, 0) is 13.3 Å². The van der Waals surface area contributed by atoms with E-state index >= 15 is 0 Å². The van der Waals surface area contributed by atoms with E-state index in [2.05, 4.69) is 11.4 Å². The van der Waals surface area contributed by atoms with Gasteiger partial charge in [0.15, 0.2) is 0 Å². The lowest BCUT2D eigenvalue weighted by Gasteiger charge is -2.13. The van der Waals surface area contributed by atoms with E-state index in [-0.39, 0.29) is 6.61 Å². The third kappa shape index (κ3) is 18.0. The van der Waals surface area contributed by atoms with Crippen molar-refractivity contribution in [1.29, 1.82) is 0 Å². The number of unbranched alkanes of at least 4 members (excludes halogenated alkanes) is 9. The molecule has 1 unspecified atom stereocenters. The molecule has 21 heavy (non-hydrogen) atoms. The Kier molecular flexibility index (Phi) is 13.8. The minimum Gasteiger partial charge on any atom is -0.379 e. The molecule has 1 atom stereocenters. The maximum atomic E-state index is 10.6. The second-order valence-electron chi connectivity index (χ2n) is 5.66. The van der Waals surface area contributed by atoms with Crippen LogP contribution in [0.15, 0.2) is 0 Å². The van der Waals surface area contributed by atoms with Crippen molar-refractivity contribution in [2.75, 3.05) is 13.2 Å². The van der Waals surface area contributed by atoms with Gasteiger partial charge in [-0.2, -0.15) is 0 Å². The molecule has 0 bridgehead atoms. The van der Waals surface area contributed by atoms with Crippen molar-refractivity contribution in [1.82, 2.24) is 0 Å². The van der Waals surface area contributed by atoms with Crippen LogP contribution in [-0.2, 0) is 13.8 Å². The number of hydrogen-bond acceptors (Lipinski definition) is 3. The van der Waals surface area contributed by atoms with Gasteiger partial charge in [-0.15, -0.1) is 0 Å². The lowest BCUT2D eigenvalue weighted by atomic mass is 10.1. The summed E-state index contributed by atoms with van der Waals surface area (Å²) in [4.78, 5) is 17.2. The highest BCUT2D eigenvalue weighted by molar-refractivity contribution is 7.46. The van der Waals surface area contributed by atoms with Crippen LogP contribution >= 0.6 is 7.82 Å². The molecule has 0 aromatic rings. The first-order valence-electron chi connectivity index (χ1n) is 8.27. The van der Waals surface area contributed by atoms with Gasteiger partial charge < -0.3 is 14.5 Å². The lowest BCUT2D eigenvalue weighted by molar-refractivity contribution is 0.0403. The van der Waals surface area contributed by atoms with Crippen molar-refractivity contribution in [2.45, 2.75) is 84.2 Å². The van der Waals surface area contributed by atoms with Gasteiger partial charge in [0.1, 0.15) is 0 Å². The quantitative estimate of drug-likeness (QED) is 0.344. The maximum absolute atomic E-state index is 10.6. The van der Waals surface area contributed by atoms with Crippen molar-refractivity contribution in [3.05, 3.63) is 0 Å². The number of ether oxygens (including phenoxy) is 1. The summed E-state index contributed by atoms with van der Waals surface area (Å²) < 4.78 is 20.4. The summed E-state index contributed by atoms with van der Waals surface area (Å²) in [7, 11) is -4.39. The van der Waals surface area contributed by atoms with Gasteiger partial charge in [0, 0.05) is 6.61 Å². The van der Waals surface area contributed by atoms with Gasteiger partial charge >= 0.3 is 7.82 Å². The van der Waals surface area contributed by atoms with E-state index in [1.165, 1.54) is 51.4 Å². The van der Waals surface area contributed by atoms with Crippen molar-refractivity contribution < 1.29 is 23.6 Å². The average molecular weight is 324 g/mol. The molecule has 0 heterocycles. The first-order valence-corrected chi connectivity index (χ1v) is 9.80. The topological polar surface area (TPSA) is 76.0 Å². The zero-order valence-electron chi connectivity index (χ0n) is 13.6. The molecule has 0 saturated carbocycles. The predicted octanol–water partition coefficient (Wildman–Crippen LogP) is 4.42. The number of rotatable bonds is 15. The molecule has 0 aromatic heterocycles. The molecule has 0 amide bonds. The molecule has 5 nitrogen and oxygen atoms in total. The van der Waals surface area contributed by atoms with Crippen LogP contribution in [0.5, 0.6) is 0 Å². The zero-order valence-corrected chi connectivity index (χ0v) is 14.5. The highest BCUT2D eigenvalue weighted by Gasteiger charge is 2.18. The van der Waals surface area contributed by atoms with Crippen molar-refractivity contribution in [3.8, 4) is 0 Å². The Hall–Kier alpha value is 0.0700. The second kappa shape index (κ2) is 13.7. The predicted molar refractivity (Wildman–Crippen MR) is 85.3 cm³/mol. The van der Waals surface area contributed by atoms with Crippen molar-refractivity contribution in [3.63, 3.8) is 0 Å². The standard InChI is InChI=1S/C15H33O5P/c1-3-4-5-6-7-8-9-10-11-12-13-19-14-15(2)20-21(16,17)18/h15H,3-14H2,1-2H3,(H2,16,17,18). The molecule has 0 aliphatic rings. The Labute approximate surface area is 129 Å². The molecule has 0 saturated heterocycles. The molecule has 0 radical (unpaired) electrons. The number of phosphoric acid groups is 1. The van der Waals surface area contributed by atoms with Gasteiger partial charge in [-0.25, -0.2) is 4.57 Å². The van der Waals surface area contributed by atoms with Crippen LogP contribution < -0.4 is 0 Å². The fourth-order valence-corrected chi connectivity index (χ4v) is 2.74. The SMILES string of the molecule is CCCCCCCCCCCCOCC(C)OP(=O)(O)O. The summed E-state index contributed by atoms with van der Waals surface area (Å²) in [5.41, 5.74) is 0. The molecule has 128 valence electrons. The van der Waals surface area contributed by atoms with Gasteiger partial charge in [-0.1, -0.05) is 64.7 Å². The first-order chi connectivity index (χ1) is 9.95. The molecular weight excluding hydrogens is 291 g/mol. The zero-order chi connectivity index (χ0) is 16.0. The lowest BCUT2D eigenvalue weighted by Crippen LogP contribution is -2.15. The van der Waals surface area contributed by atoms with Gasteiger partial charge in [0.2, 0.25) is 0 Å². The molecule has 6 heteroatoms. The summed E-state index contributed by atoms with van der Waals surface area (Å²) in [5.74, 6) is 0. The summed E-state index contributed by atoms with van der Waals surface area (Å²) in [5, 5.41) is 0. The van der Waals surface area contributed by atoms with Crippen molar-refractivity contribution in [2.24, 2.45) is 0 Å². The summed E-state index contributed by atoms with van der Waals surface area (Å²) in [6.07, 6.45) is 12.2. The van der Waals surface area contributed by atoms with E-state index in [9.17, 15) is 4.57 Å². The summed E-state index contributed by atoms with van der Waals surface area (Å²) in [6.45, 7) is 4.69. The van der Waals surface area contributed by atoms with Gasteiger partial charge in [0.05, 0.1) is 12.7 Å². The Morgan fingerprint density at radius 2 is 1.38 bits per heavy atom. The smallest absolute Gasteiger partial charge is 0.379 e. The van der Waals surface area contributed by atoms with E-state index in [0.717, 1.165) is 12.8 Å². The van der Waals surface area contributed by atoms with Gasteiger partial charge in [0.25, 0.3) is 0 Å². The molecule has 0 spiro atoms. The number of hydrogen-bond donors (Lipinski definition) is 2. The molecule has 0 aromatic carbocycles. The third-order valence-electron chi connectivity index (χ3n) is 3.31. The number of phosphoric ester groups is 1. The first kappa shape index (κ1) is 21.1. The highest BCUT2D eigenvalue weighted by atomic mass is 31.2. The highest BCUT2D eigenvalue weighted by Crippen LogP contribution is 2.37. The van der Waals surface area contributed by atoms with Crippen LogP contribution in [0.1, 0.15) is 78.1 Å². The van der Waals surface area contributed by atoms with Crippen molar-refractivity contribution >= 4 is 7.82 Å². The van der Waals surface area contributed by atoms with Crippen LogP contribution in [0, 0.1) is 0 Å². The fourth-order valence-electron chi connectivity index (χ4n) is 2.21. The minimum atomic E-state index is -4.39. The summed E-state index contributed by atoms with van der Waals surface area (Å²) >= 11 is 0.